The van der Waals surface area contributed by atoms with E-state index in [1.165, 1.54) is 0 Å². The molecule has 1 unspecified atom stereocenters. The first-order valence-electron chi connectivity index (χ1n) is 7.27. The Morgan fingerprint density at radius 1 is 1.29 bits per heavy atom. The number of fused-ring (bicyclic) bond motifs is 1. The van der Waals surface area contributed by atoms with Crippen molar-refractivity contribution in [1.29, 1.82) is 0 Å². The molecule has 0 radical (unpaired) electrons. The highest BCUT2D eigenvalue weighted by Gasteiger charge is 2.41. The molecule has 0 bridgehead atoms. The average molecular weight is 284 g/mol. The minimum Gasteiger partial charge on any atom is -0.351 e. The van der Waals surface area contributed by atoms with Crippen LogP contribution in [-0.2, 0) is 23.8 Å². The first kappa shape index (κ1) is 13.7. The molecule has 21 heavy (non-hydrogen) atoms. The summed E-state index contributed by atoms with van der Waals surface area (Å²) in [6, 6.07) is 9.75. The van der Waals surface area contributed by atoms with Crippen LogP contribution in [0.3, 0.4) is 0 Å². The Bertz CT molecular complexity index is 677. The van der Waals surface area contributed by atoms with E-state index in [0.29, 0.717) is 0 Å². The van der Waals surface area contributed by atoms with Crippen molar-refractivity contribution in [2.24, 2.45) is 7.05 Å². The van der Waals surface area contributed by atoms with E-state index in [9.17, 15) is 4.79 Å². The number of aryl methyl sites for hydroxylation is 2. The van der Waals surface area contributed by atoms with E-state index >= 15 is 0 Å². The molecular formula is C16H20N4O. The second kappa shape index (κ2) is 4.91. The molecule has 0 saturated heterocycles. The smallest absolute Gasteiger partial charge is 0.254 e. The first-order valence-corrected chi connectivity index (χ1v) is 7.27. The van der Waals surface area contributed by atoms with Crippen LogP contribution in [-0.4, -0.2) is 15.7 Å². The lowest BCUT2D eigenvalue weighted by Gasteiger charge is -2.35. The Balaban J connectivity index is 2.05. The Morgan fingerprint density at radius 2 is 2.00 bits per heavy atom. The molecule has 1 amide bonds. The SMILES string of the molecule is CCCc1nn(C)c2c1NC(=O)C(C)(c1ccccc1)N2. The zero-order valence-corrected chi connectivity index (χ0v) is 12.6. The first-order chi connectivity index (χ1) is 10.1. The van der Waals surface area contributed by atoms with Crippen molar-refractivity contribution >= 4 is 17.4 Å². The van der Waals surface area contributed by atoms with E-state index in [-0.39, 0.29) is 5.91 Å². The molecule has 1 aromatic carbocycles. The van der Waals surface area contributed by atoms with Crippen LogP contribution in [0.1, 0.15) is 31.5 Å². The van der Waals surface area contributed by atoms with Crippen molar-refractivity contribution in [2.75, 3.05) is 10.6 Å². The van der Waals surface area contributed by atoms with Gasteiger partial charge >= 0.3 is 0 Å². The maximum Gasteiger partial charge on any atom is 0.254 e. The standard InChI is InChI=1S/C16H20N4O/c1-4-8-12-13-14(20(3)19-12)18-16(2,15(21)17-13)11-9-6-5-7-10-11/h5-7,9-10,18H,4,8H2,1-3H3,(H,17,21). The molecule has 0 fully saturated rings. The van der Waals surface area contributed by atoms with E-state index in [2.05, 4.69) is 22.7 Å². The van der Waals surface area contributed by atoms with Crippen LogP contribution in [0.5, 0.6) is 0 Å². The largest absolute Gasteiger partial charge is 0.351 e. The molecule has 0 spiro atoms. The number of rotatable bonds is 3. The van der Waals surface area contributed by atoms with Crippen molar-refractivity contribution < 1.29 is 4.79 Å². The molecule has 2 heterocycles. The highest BCUT2D eigenvalue weighted by Crippen LogP contribution is 2.38. The maximum absolute atomic E-state index is 12.6. The molecule has 1 aliphatic heterocycles. The number of amides is 1. The number of nitrogens with zero attached hydrogens (tertiary/aromatic N) is 2. The summed E-state index contributed by atoms with van der Waals surface area (Å²) >= 11 is 0. The lowest BCUT2D eigenvalue weighted by atomic mass is 9.89. The van der Waals surface area contributed by atoms with Gasteiger partial charge < -0.3 is 10.6 Å². The van der Waals surface area contributed by atoms with Gasteiger partial charge in [-0.2, -0.15) is 5.10 Å². The maximum atomic E-state index is 12.6. The summed E-state index contributed by atoms with van der Waals surface area (Å²) < 4.78 is 1.81. The fourth-order valence-electron chi connectivity index (χ4n) is 2.77. The van der Waals surface area contributed by atoms with E-state index < -0.39 is 5.54 Å². The number of hydrogen-bond acceptors (Lipinski definition) is 3. The second-order valence-corrected chi connectivity index (χ2v) is 5.61. The highest BCUT2D eigenvalue weighted by atomic mass is 16.2. The van der Waals surface area contributed by atoms with Gasteiger partial charge in [0.2, 0.25) is 0 Å². The predicted molar refractivity (Wildman–Crippen MR) is 83.2 cm³/mol. The van der Waals surface area contributed by atoms with Crippen LogP contribution < -0.4 is 10.6 Å². The third kappa shape index (κ3) is 2.09. The minimum absolute atomic E-state index is 0.0495. The number of carbonyl (C=O) groups excluding carboxylic acids is 1. The van der Waals surface area contributed by atoms with Crippen LogP contribution in [0.25, 0.3) is 0 Å². The number of carbonyl (C=O) groups is 1. The summed E-state index contributed by atoms with van der Waals surface area (Å²) in [6.07, 6.45) is 1.85. The monoisotopic (exact) mass is 284 g/mol. The van der Waals surface area contributed by atoms with E-state index in [1.807, 2.05) is 44.3 Å². The third-order valence-corrected chi connectivity index (χ3v) is 4.02. The molecule has 110 valence electrons. The number of benzene rings is 1. The van der Waals surface area contributed by atoms with Gasteiger partial charge in [0.1, 0.15) is 17.0 Å². The van der Waals surface area contributed by atoms with Crippen molar-refractivity contribution in [3.05, 3.63) is 41.6 Å². The summed E-state index contributed by atoms with van der Waals surface area (Å²) in [5.41, 5.74) is 1.90. The zero-order chi connectivity index (χ0) is 15.0. The van der Waals surface area contributed by atoms with Gasteiger partial charge in [-0.1, -0.05) is 43.7 Å². The Morgan fingerprint density at radius 3 is 2.67 bits per heavy atom. The van der Waals surface area contributed by atoms with Crippen molar-refractivity contribution in [3.63, 3.8) is 0 Å². The van der Waals surface area contributed by atoms with E-state index in [4.69, 9.17) is 0 Å². The molecule has 2 aromatic rings. The minimum atomic E-state index is -0.786. The summed E-state index contributed by atoms with van der Waals surface area (Å²) in [5, 5.41) is 10.9. The zero-order valence-electron chi connectivity index (χ0n) is 12.6. The quantitative estimate of drug-likeness (QED) is 0.911. The van der Waals surface area contributed by atoms with Crippen molar-refractivity contribution in [1.82, 2.24) is 9.78 Å². The average Bonchev–Trinajstić information content (AvgIpc) is 2.77. The van der Waals surface area contributed by atoms with Crippen LogP contribution >= 0.6 is 0 Å². The topological polar surface area (TPSA) is 59.0 Å². The Hall–Kier alpha value is -2.30. The van der Waals surface area contributed by atoms with Gasteiger partial charge in [-0.05, 0) is 18.9 Å². The summed E-state index contributed by atoms with van der Waals surface area (Å²) in [5.74, 6) is 0.816. The van der Waals surface area contributed by atoms with Crippen LogP contribution in [0.2, 0.25) is 0 Å². The van der Waals surface area contributed by atoms with Crippen molar-refractivity contribution in [3.8, 4) is 0 Å². The molecule has 1 atom stereocenters. The fourth-order valence-corrected chi connectivity index (χ4v) is 2.77. The van der Waals surface area contributed by atoms with Gasteiger partial charge in [0.15, 0.2) is 0 Å². The van der Waals surface area contributed by atoms with Gasteiger partial charge in [-0.3, -0.25) is 9.48 Å². The van der Waals surface area contributed by atoms with Gasteiger partial charge in [-0.25, -0.2) is 0 Å². The molecule has 1 aromatic heterocycles. The van der Waals surface area contributed by atoms with E-state index in [0.717, 1.165) is 35.6 Å². The number of aromatic nitrogens is 2. The number of nitrogens with one attached hydrogen (secondary N) is 2. The molecule has 0 aliphatic carbocycles. The lowest BCUT2D eigenvalue weighted by molar-refractivity contribution is -0.120. The Kier molecular flexibility index (Phi) is 3.20. The van der Waals surface area contributed by atoms with Crippen LogP contribution in [0.4, 0.5) is 11.5 Å². The Labute approximate surface area is 124 Å². The summed E-state index contributed by atoms with van der Waals surface area (Å²) in [4.78, 5) is 12.6. The predicted octanol–water partition coefficient (Wildman–Crippen LogP) is 2.65. The molecular weight excluding hydrogens is 264 g/mol. The lowest BCUT2D eigenvalue weighted by Crippen LogP contribution is -2.48. The molecule has 0 saturated carbocycles. The second-order valence-electron chi connectivity index (χ2n) is 5.61. The number of anilines is 2. The molecule has 1 aliphatic rings. The number of hydrogen-bond donors (Lipinski definition) is 2. The molecule has 5 nitrogen and oxygen atoms in total. The van der Waals surface area contributed by atoms with E-state index in [1.54, 1.807) is 4.68 Å². The molecule has 2 N–H and O–H groups in total. The van der Waals surface area contributed by atoms with Gasteiger partial charge in [0.25, 0.3) is 5.91 Å². The van der Waals surface area contributed by atoms with Gasteiger partial charge in [0.05, 0.1) is 5.69 Å². The van der Waals surface area contributed by atoms with Crippen LogP contribution in [0, 0.1) is 0 Å². The summed E-state index contributed by atoms with van der Waals surface area (Å²) in [7, 11) is 1.90. The summed E-state index contributed by atoms with van der Waals surface area (Å²) in [6.45, 7) is 4.00. The van der Waals surface area contributed by atoms with Gasteiger partial charge in [0, 0.05) is 7.05 Å². The molecule has 3 rings (SSSR count). The van der Waals surface area contributed by atoms with Crippen molar-refractivity contribution in [2.45, 2.75) is 32.2 Å². The highest BCUT2D eigenvalue weighted by molar-refractivity contribution is 6.06. The van der Waals surface area contributed by atoms with Crippen LogP contribution in [0.15, 0.2) is 30.3 Å². The molecule has 5 heteroatoms. The fraction of sp³-hybridized carbons (Fsp3) is 0.375. The normalized spacial score (nSPS) is 20.6. The van der Waals surface area contributed by atoms with Gasteiger partial charge in [-0.15, -0.1) is 0 Å². The third-order valence-electron chi connectivity index (χ3n) is 4.02.